The zero-order valence-electron chi connectivity index (χ0n) is 11.6. The van der Waals surface area contributed by atoms with Crippen LogP contribution in [-0.2, 0) is 0 Å². The second-order valence-corrected chi connectivity index (χ2v) is 5.91. The monoisotopic (exact) mass is 288 g/mol. The van der Waals surface area contributed by atoms with Crippen molar-refractivity contribution >= 4 is 28.4 Å². The molecule has 0 spiro atoms. The van der Waals surface area contributed by atoms with Crippen molar-refractivity contribution in [3.05, 3.63) is 41.0 Å². The van der Waals surface area contributed by atoms with Crippen LogP contribution in [0.15, 0.2) is 30.3 Å². The maximum atomic E-state index is 12.5. The van der Waals surface area contributed by atoms with Crippen LogP contribution in [-0.4, -0.2) is 28.9 Å². The van der Waals surface area contributed by atoms with E-state index in [2.05, 4.69) is 11.9 Å². The van der Waals surface area contributed by atoms with Crippen molar-refractivity contribution in [3.8, 4) is 0 Å². The van der Waals surface area contributed by atoms with E-state index in [0.29, 0.717) is 16.6 Å². The minimum atomic E-state index is -0.0583. The third-order valence-corrected chi connectivity index (χ3v) is 4.43. The van der Waals surface area contributed by atoms with E-state index in [9.17, 15) is 4.79 Å². The molecule has 3 nitrogen and oxygen atoms in total. The van der Waals surface area contributed by atoms with Gasteiger partial charge in [0, 0.05) is 18.5 Å². The van der Waals surface area contributed by atoms with Gasteiger partial charge < -0.3 is 4.90 Å². The first-order valence-electron chi connectivity index (χ1n) is 6.90. The molecular weight excluding hydrogens is 272 g/mol. The quantitative estimate of drug-likeness (QED) is 0.861. The number of para-hydroxylation sites is 1. The van der Waals surface area contributed by atoms with Crippen LogP contribution in [0.2, 0.25) is 5.02 Å². The van der Waals surface area contributed by atoms with E-state index >= 15 is 0 Å². The normalized spacial score (nSPS) is 16.1. The van der Waals surface area contributed by atoms with Gasteiger partial charge in [-0.05, 0) is 37.8 Å². The largest absolute Gasteiger partial charge is 0.337 e. The third kappa shape index (κ3) is 2.38. The van der Waals surface area contributed by atoms with Crippen molar-refractivity contribution in [2.45, 2.75) is 25.8 Å². The lowest BCUT2D eigenvalue weighted by atomic mass is 10.1. The Morgan fingerprint density at radius 1 is 1.40 bits per heavy atom. The molecule has 0 aliphatic heterocycles. The van der Waals surface area contributed by atoms with Crippen molar-refractivity contribution in [2.24, 2.45) is 5.92 Å². The lowest BCUT2D eigenvalue weighted by molar-refractivity contribution is 0.0722. The first kappa shape index (κ1) is 13.4. The van der Waals surface area contributed by atoms with E-state index in [-0.39, 0.29) is 11.9 Å². The van der Waals surface area contributed by atoms with Crippen molar-refractivity contribution in [1.29, 1.82) is 0 Å². The number of hydrogen-bond acceptors (Lipinski definition) is 2. The van der Waals surface area contributed by atoms with Crippen LogP contribution in [0.4, 0.5) is 0 Å². The average Bonchev–Trinajstić information content (AvgIpc) is 3.29. The molecule has 1 amide bonds. The summed E-state index contributed by atoms with van der Waals surface area (Å²) < 4.78 is 0. The van der Waals surface area contributed by atoms with E-state index in [0.717, 1.165) is 10.9 Å². The highest BCUT2D eigenvalue weighted by Crippen LogP contribution is 2.35. The standard InChI is InChI=1S/C16H17ClN2O/c1-10(11-7-8-11)19(2)16(20)15-9-13(17)12-5-3-4-6-14(12)18-15/h3-6,9-11H,7-8H2,1-2H3. The Kier molecular flexibility index (Phi) is 3.38. The number of pyridine rings is 1. The summed E-state index contributed by atoms with van der Waals surface area (Å²) in [4.78, 5) is 18.7. The fourth-order valence-corrected chi connectivity index (χ4v) is 2.77. The fourth-order valence-electron chi connectivity index (χ4n) is 2.50. The number of hydrogen-bond donors (Lipinski definition) is 0. The van der Waals surface area contributed by atoms with E-state index in [1.807, 2.05) is 31.3 Å². The smallest absolute Gasteiger partial charge is 0.272 e. The maximum Gasteiger partial charge on any atom is 0.272 e. The molecule has 20 heavy (non-hydrogen) atoms. The number of halogens is 1. The lowest BCUT2D eigenvalue weighted by Gasteiger charge is -2.24. The number of carbonyl (C=O) groups excluding carboxylic acids is 1. The van der Waals surface area contributed by atoms with Gasteiger partial charge in [-0.1, -0.05) is 29.8 Å². The Bertz CT molecular complexity index is 667. The topological polar surface area (TPSA) is 33.2 Å². The third-order valence-electron chi connectivity index (χ3n) is 4.12. The highest BCUT2D eigenvalue weighted by molar-refractivity contribution is 6.35. The lowest BCUT2D eigenvalue weighted by Crippen LogP contribution is -2.36. The molecule has 104 valence electrons. The molecule has 1 aliphatic rings. The Morgan fingerprint density at radius 2 is 2.10 bits per heavy atom. The molecule has 2 aromatic rings. The van der Waals surface area contributed by atoms with E-state index in [1.165, 1.54) is 12.8 Å². The van der Waals surface area contributed by atoms with Gasteiger partial charge in [0.25, 0.3) is 5.91 Å². The summed E-state index contributed by atoms with van der Waals surface area (Å²) in [7, 11) is 1.84. The maximum absolute atomic E-state index is 12.5. The predicted molar refractivity (Wildman–Crippen MR) is 81.0 cm³/mol. The van der Waals surface area contributed by atoms with Gasteiger partial charge in [-0.2, -0.15) is 0 Å². The minimum absolute atomic E-state index is 0.0583. The average molecular weight is 289 g/mol. The van der Waals surface area contributed by atoms with E-state index in [4.69, 9.17) is 11.6 Å². The molecule has 1 atom stereocenters. The molecule has 3 rings (SSSR count). The van der Waals surface area contributed by atoms with Gasteiger partial charge in [-0.15, -0.1) is 0 Å². The van der Waals surface area contributed by atoms with Crippen LogP contribution >= 0.6 is 11.6 Å². The van der Waals surface area contributed by atoms with Crippen molar-refractivity contribution in [1.82, 2.24) is 9.88 Å². The van der Waals surface area contributed by atoms with E-state index < -0.39 is 0 Å². The van der Waals surface area contributed by atoms with Gasteiger partial charge in [0.15, 0.2) is 0 Å². The van der Waals surface area contributed by atoms with Gasteiger partial charge in [0.2, 0.25) is 0 Å². The molecule has 0 bridgehead atoms. The van der Waals surface area contributed by atoms with Gasteiger partial charge in [-0.25, -0.2) is 4.98 Å². The van der Waals surface area contributed by atoms with Crippen LogP contribution in [0, 0.1) is 5.92 Å². The zero-order valence-corrected chi connectivity index (χ0v) is 12.4. The Morgan fingerprint density at radius 3 is 2.80 bits per heavy atom. The molecule has 1 fully saturated rings. The molecule has 1 aliphatic carbocycles. The van der Waals surface area contributed by atoms with Crippen molar-refractivity contribution in [3.63, 3.8) is 0 Å². The Labute approximate surface area is 123 Å². The van der Waals surface area contributed by atoms with Gasteiger partial charge in [0.1, 0.15) is 5.69 Å². The van der Waals surface area contributed by atoms with Crippen LogP contribution in [0.1, 0.15) is 30.3 Å². The van der Waals surface area contributed by atoms with Crippen molar-refractivity contribution in [2.75, 3.05) is 7.05 Å². The SMILES string of the molecule is CC(C1CC1)N(C)C(=O)c1cc(Cl)c2ccccc2n1. The molecule has 1 aromatic carbocycles. The molecule has 1 heterocycles. The van der Waals surface area contributed by atoms with Crippen molar-refractivity contribution < 1.29 is 4.79 Å². The first-order valence-corrected chi connectivity index (χ1v) is 7.28. The molecule has 4 heteroatoms. The van der Waals surface area contributed by atoms with Crippen LogP contribution in [0.5, 0.6) is 0 Å². The van der Waals surface area contributed by atoms with Gasteiger partial charge >= 0.3 is 0 Å². The molecule has 1 aromatic heterocycles. The summed E-state index contributed by atoms with van der Waals surface area (Å²) in [6, 6.07) is 9.53. The number of nitrogens with zero attached hydrogens (tertiary/aromatic N) is 2. The summed E-state index contributed by atoms with van der Waals surface area (Å²) in [5, 5.41) is 1.45. The molecule has 0 saturated heterocycles. The van der Waals surface area contributed by atoms with Gasteiger partial charge in [0.05, 0.1) is 10.5 Å². The molecule has 0 N–H and O–H groups in total. The summed E-state index contributed by atoms with van der Waals surface area (Å²) in [6.45, 7) is 2.10. The molecular formula is C16H17ClN2O. The number of rotatable bonds is 3. The van der Waals surface area contributed by atoms with Crippen LogP contribution < -0.4 is 0 Å². The number of fused-ring (bicyclic) bond motifs is 1. The highest BCUT2D eigenvalue weighted by Gasteiger charge is 2.33. The summed E-state index contributed by atoms with van der Waals surface area (Å²) >= 11 is 6.25. The fraction of sp³-hybridized carbons (Fsp3) is 0.375. The van der Waals surface area contributed by atoms with E-state index in [1.54, 1.807) is 11.0 Å². The minimum Gasteiger partial charge on any atom is -0.337 e. The zero-order chi connectivity index (χ0) is 14.3. The predicted octanol–water partition coefficient (Wildman–Crippen LogP) is 3.76. The number of amides is 1. The second kappa shape index (κ2) is 5.06. The summed E-state index contributed by atoms with van der Waals surface area (Å²) in [5.41, 5.74) is 1.18. The molecule has 1 unspecified atom stereocenters. The number of carbonyl (C=O) groups is 1. The Balaban J connectivity index is 1.94. The summed E-state index contributed by atoms with van der Waals surface area (Å²) in [5.74, 6) is 0.580. The van der Waals surface area contributed by atoms with Crippen LogP contribution in [0.25, 0.3) is 10.9 Å². The molecule has 0 radical (unpaired) electrons. The molecule has 1 saturated carbocycles. The Hall–Kier alpha value is -1.61. The summed E-state index contributed by atoms with van der Waals surface area (Å²) in [6.07, 6.45) is 2.43. The highest BCUT2D eigenvalue weighted by atomic mass is 35.5. The second-order valence-electron chi connectivity index (χ2n) is 5.50. The number of benzene rings is 1. The van der Waals surface area contributed by atoms with Crippen LogP contribution in [0.3, 0.4) is 0 Å². The number of aromatic nitrogens is 1. The first-order chi connectivity index (χ1) is 9.58. The van der Waals surface area contributed by atoms with Gasteiger partial charge in [-0.3, -0.25) is 4.79 Å².